The van der Waals surface area contributed by atoms with Crippen molar-refractivity contribution in [2.75, 3.05) is 6.54 Å². The van der Waals surface area contributed by atoms with Gasteiger partial charge in [0.2, 0.25) is 5.91 Å². The molecule has 3 atom stereocenters. The molecule has 40 heavy (non-hydrogen) atoms. The van der Waals surface area contributed by atoms with Crippen LogP contribution >= 0.6 is 11.3 Å². The molecule has 5 rings (SSSR count). The lowest BCUT2D eigenvalue weighted by atomic mass is 10.00. The number of aromatic nitrogens is 1. The molecule has 2 amide bonds. The zero-order chi connectivity index (χ0) is 28.4. The number of thiazole rings is 1. The van der Waals surface area contributed by atoms with Crippen LogP contribution in [0.3, 0.4) is 0 Å². The van der Waals surface area contributed by atoms with Gasteiger partial charge in [-0.15, -0.1) is 11.3 Å². The van der Waals surface area contributed by atoms with Crippen LogP contribution in [-0.4, -0.2) is 56.4 Å². The quantitative estimate of drug-likeness (QED) is 0.396. The van der Waals surface area contributed by atoms with Gasteiger partial charge in [0, 0.05) is 30.9 Å². The van der Waals surface area contributed by atoms with Crippen molar-refractivity contribution in [3.8, 4) is 10.4 Å². The highest BCUT2D eigenvalue weighted by Crippen LogP contribution is 2.32. The van der Waals surface area contributed by atoms with Crippen LogP contribution < -0.4 is 5.32 Å². The molecule has 2 N–H and O–H groups in total. The van der Waals surface area contributed by atoms with Crippen molar-refractivity contribution < 1.29 is 14.7 Å². The number of nitrogens with one attached hydrogen (secondary N) is 1. The maximum atomic E-state index is 14.1. The zero-order valence-electron chi connectivity index (χ0n) is 22.9. The van der Waals surface area contributed by atoms with Crippen molar-refractivity contribution in [2.45, 2.75) is 58.5 Å². The van der Waals surface area contributed by atoms with Crippen LogP contribution in [-0.2, 0) is 17.9 Å². The molecule has 0 aliphatic carbocycles. The Labute approximate surface area is 238 Å². The monoisotopic (exact) mass is 555 g/mol. The third kappa shape index (κ3) is 5.37. The first-order chi connectivity index (χ1) is 19.3. The molecule has 0 radical (unpaired) electrons. The van der Waals surface area contributed by atoms with Gasteiger partial charge >= 0.3 is 0 Å². The first-order valence-electron chi connectivity index (χ1n) is 13.5. The fraction of sp³-hybridized carbons (Fsp3) is 0.355. The van der Waals surface area contributed by atoms with Gasteiger partial charge in [-0.3, -0.25) is 9.59 Å². The number of aliphatic hydroxyl groups is 1. The Bertz CT molecular complexity index is 1470. The van der Waals surface area contributed by atoms with Crippen molar-refractivity contribution in [1.82, 2.24) is 20.1 Å². The van der Waals surface area contributed by atoms with Crippen LogP contribution in [0.2, 0.25) is 0 Å². The van der Waals surface area contributed by atoms with E-state index in [1.165, 1.54) is 6.20 Å². The number of aryl methyl sites for hydroxylation is 1. The zero-order valence-corrected chi connectivity index (χ0v) is 23.7. The summed E-state index contributed by atoms with van der Waals surface area (Å²) in [5.41, 5.74) is 7.10. The number of β-amino-alcohol motifs (C(OH)–C–C–N with tert-alkyl or cyclic N) is 1. The fourth-order valence-corrected chi connectivity index (χ4v) is 6.49. The lowest BCUT2D eigenvalue weighted by molar-refractivity contribution is -0.138. The number of rotatable bonds is 8. The van der Waals surface area contributed by atoms with E-state index >= 15 is 0 Å². The van der Waals surface area contributed by atoms with Gasteiger partial charge in [0.15, 0.2) is 6.20 Å². The molecule has 0 bridgehead atoms. The van der Waals surface area contributed by atoms with Crippen molar-refractivity contribution in [3.05, 3.63) is 99.7 Å². The van der Waals surface area contributed by atoms with E-state index in [0.29, 0.717) is 30.8 Å². The minimum atomic E-state index is -0.717. The molecule has 2 aromatic carbocycles. The first kappa shape index (κ1) is 27.6. The number of likely N-dealkylation sites (tertiary alicyclic amines) is 1. The third-order valence-corrected chi connectivity index (χ3v) is 8.63. The molecule has 1 aromatic heterocycles. The second-order valence-corrected chi connectivity index (χ2v) is 11.6. The Hall–Kier alpha value is -4.00. The fourth-order valence-electron chi connectivity index (χ4n) is 5.68. The number of nitrogens with zero attached hydrogens (tertiary/aromatic N) is 4. The summed E-state index contributed by atoms with van der Waals surface area (Å²) in [7, 11) is 0. The maximum absolute atomic E-state index is 14.1. The van der Waals surface area contributed by atoms with Crippen LogP contribution in [0.25, 0.3) is 15.3 Å². The molecule has 206 valence electrons. The standard InChI is InChI=1S/C31H33N5O3S/c1-19(2)28(36-16-23-7-5-6-8-25(23)30(36)38)31(39)35-17-24(37)13-27(35)26(15-32-4)33-14-21-9-11-22(12-10-21)29-20(3)34-18-40-29/h5-12,15,18-19,24,27-28,33,37H,13-14,16-17H2,1-3H3/b26-15+/t24-,27+,28+/m1/s1. The van der Waals surface area contributed by atoms with Crippen LogP contribution in [0.4, 0.5) is 0 Å². The number of hydrogen-bond acceptors (Lipinski definition) is 6. The minimum absolute atomic E-state index is 0.133. The number of carbonyl (C=O) groups is 2. The third-order valence-electron chi connectivity index (χ3n) is 7.65. The van der Waals surface area contributed by atoms with Gasteiger partial charge in [-0.05, 0) is 42.0 Å². The molecular formula is C31H33N5O3S. The van der Waals surface area contributed by atoms with E-state index in [1.807, 2.05) is 56.6 Å². The summed E-state index contributed by atoms with van der Waals surface area (Å²) < 4.78 is 0. The Morgan fingerprint density at radius 1 is 1.25 bits per heavy atom. The Morgan fingerprint density at radius 3 is 2.65 bits per heavy atom. The lowest BCUT2D eigenvalue weighted by Crippen LogP contribution is -2.53. The van der Waals surface area contributed by atoms with E-state index in [9.17, 15) is 14.7 Å². The maximum Gasteiger partial charge on any atom is 0.255 e. The Morgan fingerprint density at radius 2 is 2.00 bits per heavy atom. The normalized spacial score (nSPS) is 19.6. The molecule has 8 nitrogen and oxygen atoms in total. The summed E-state index contributed by atoms with van der Waals surface area (Å²) in [5.74, 6) is -0.489. The predicted molar refractivity (Wildman–Crippen MR) is 155 cm³/mol. The van der Waals surface area contributed by atoms with Crippen molar-refractivity contribution >= 4 is 23.2 Å². The molecule has 2 aliphatic heterocycles. The van der Waals surface area contributed by atoms with Gasteiger partial charge < -0.3 is 20.2 Å². The molecule has 0 spiro atoms. The highest BCUT2D eigenvalue weighted by molar-refractivity contribution is 7.13. The van der Waals surface area contributed by atoms with Gasteiger partial charge in [-0.25, -0.2) is 9.83 Å². The van der Waals surface area contributed by atoms with Crippen LogP contribution in [0.15, 0.2) is 65.9 Å². The van der Waals surface area contributed by atoms with Gasteiger partial charge in [-0.1, -0.05) is 56.3 Å². The van der Waals surface area contributed by atoms with E-state index in [4.69, 9.17) is 6.57 Å². The minimum Gasteiger partial charge on any atom is -0.392 e. The van der Waals surface area contributed by atoms with E-state index in [-0.39, 0.29) is 24.3 Å². The van der Waals surface area contributed by atoms with E-state index in [1.54, 1.807) is 27.2 Å². The first-order valence-corrected chi connectivity index (χ1v) is 14.3. The number of fused-ring (bicyclic) bond motifs is 1. The Kier molecular flexibility index (Phi) is 8.01. The molecule has 1 fully saturated rings. The van der Waals surface area contributed by atoms with Crippen molar-refractivity contribution in [1.29, 1.82) is 0 Å². The summed E-state index contributed by atoms with van der Waals surface area (Å²) >= 11 is 1.61. The highest BCUT2D eigenvalue weighted by atomic mass is 32.1. The molecule has 2 aliphatic rings. The molecule has 3 heterocycles. The summed E-state index contributed by atoms with van der Waals surface area (Å²) in [5, 5.41) is 14.0. The smallest absolute Gasteiger partial charge is 0.255 e. The SMILES string of the molecule is [C-]#[N+]/C=C(/NCc1ccc(-c2scnc2C)cc1)[C@@H]1C[C@@H](O)CN1C(=O)[C@H](C(C)C)N1Cc2ccccc2C1=O. The largest absolute Gasteiger partial charge is 0.392 e. The van der Waals surface area contributed by atoms with Gasteiger partial charge in [-0.2, -0.15) is 0 Å². The molecule has 0 unspecified atom stereocenters. The number of benzene rings is 2. The lowest BCUT2D eigenvalue weighted by Gasteiger charge is -2.36. The van der Waals surface area contributed by atoms with E-state index in [0.717, 1.165) is 27.3 Å². The molecule has 3 aromatic rings. The molecule has 1 saturated heterocycles. The highest BCUT2D eigenvalue weighted by Gasteiger charge is 2.44. The summed E-state index contributed by atoms with van der Waals surface area (Å²) in [6.07, 6.45) is 1.01. The Balaban J connectivity index is 1.33. The molecular weight excluding hydrogens is 522 g/mol. The number of aliphatic hydroxyl groups excluding tert-OH is 1. The average molecular weight is 556 g/mol. The number of hydrogen-bond donors (Lipinski definition) is 2. The van der Waals surface area contributed by atoms with Crippen LogP contribution in [0.1, 0.15) is 47.4 Å². The second kappa shape index (κ2) is 11.6. The topological polar surface area (TPSA) is 90.1 Å². The summed E-state index contributed by atoms with van der Waals surface area (Å²) in [6, 6.07) is 14.5. The summed E-state index contributed by atoms with van der Waals surface area (Å²) in [6.45, 7) is 14.4. The van der Waals surface area contributed by atoms with Crippen LogP contribution in [0.5, 0.6) is 0 Å². The molecule has 9 heteroatoms. The van der Waals surface area contributed by atoms with Gasteiger partial charge in [0.05, 0.1) is 34.8 Å². The van der Waals surface area contributed by atoms with E-state index < -0.39 is 18.2 Å². The van der Waals surface area contributed by atoms with Gasteiger partial charge in [0.1, 0.15) is 6.04 Å². The van der Waals surface area contributed by atoms with Crippen molar-refractivity contribution in [3.63, 3.8) is 0 Å². The summed E-state index contributed by atoms with van der Waals surface area (Å²) in [4.78, 5) is 39.6. The second-order valence-electron chi connectivity index (χ2n) is 10.7. The predicted octanol–water partition coefficient (Wildman–Crippen LogP) is 4.61. The average Bonchev–Trinajstić information content (AvgIpc) is 3.64. The van der Waals surface area contributed by atoms with E-state index in [2.05, 4.69) is 27.3 Å². The van der Waals surface area contributed by atoms with Crippen LogP contribution in [0, 0.1) is 19.4 Å². The number of amides is 2. The number of carbonyl (C=O) groups excluding carboxylic acids is 2. The van der Waals surface area contributed by atoms with Gasteiger partial charge in [0.25, 0.3) is 5.91 Å². The van der Waals surface area contributed by atoms with Crippen molar-refractivity contribution in [2.24, 2.45) is 5.92 Å². The molecule has 0 saturated carbocycles.